The van der Waals surface area contributed by atoms with Crippen molar-refractivity contribution in [1.29, 1.82) is 0 Å². The lowest BCUT2D eigenvalue weighted by Crippen LogP contribution is -2.59. The van der Waals surface area contributed by atoms with E-state index in [9.17, 15) is 29.1 Å². The number of ether oxygens (including phenoxy) is 3. The Balaban J connectivity index is 1.13. The third-order valence-electron chi connectivity index (χ3n) is 13.2. The fraction of sp³-hybridized carbons (Fsp3) is 0.519. The smallest absolute Gasteiger partial charge is 0.298 e. The molecule has 0 bridgehead atoms. The number of rotatable bonds is 18. The normalized spacial score (nSPS) is 17.4. The van der Waals surface area contributed by atoms with Crippen molar-refractivity contribution in [3.05, 3.63) is 71.8 Å². The molecule has 3 aromatic heterocycles. The molecule has 70 heavy (non-hydrogen) atoms. The van der Waals surface area contributed by atoms with Crippen molar-refractivity contribution in [2.75, 3.05) is 79.8 Å². The molecule has 3 saturated heterocycles. The highest BCUT2D eigenvalue weighted by atomic mass is 16.5. The van der Waals surface area contributed by atoms with E-state index in [4.69, 9.17) is 19.2 Å². The van der Waals surface area contributed by atoms with Gasteiger partial charge in [-0.1, -0.05) is 39.7 Å². The lowest BCUT2D eigenvalue weighted by Gasteiger charge is -2.35. The Morgan fingerprint density at radius 2 is 1.87 bits per heavy atom. The number of methoxy groups -OCH3 is 1. The monoisotopic (exact) mass is 962 g/mol. The molecule has 3 aliphatic heterocycles. The van der Waals surface area contributed by atoms with Crippen LogP contribution in [0.5, 0.6) is 5.75 Å². The molecule has 0 radical (unpaired) electrons. The number of phenols is 1. The second-order valence-corrected chi connectivity index (χ2v) is 19.6. The third-order valence-corrected chi connectivity index (χ3v) is 13.2. The number of carbonyl (C=O) groups is 5. The van der Waals surface area contributed by atoms with Gasteiger partial charge in [-0.05, 0) is 90.6 Å². The number of hydrogen-bond donors (Lipinski definition) is 3. The predicted molar refractivity (Wildman–Crippen MR) is 261 cm³/mol. The average Bonchev–Trinajstić information content (AvgIpc) is 3.99. The van der Waals surface area contributed by atoms with Crippen molar-refractivity contribution in [3.8, 4) is 40.0 Å². The Kier molecular flexibility index (Phi) is 17.3. The van der Waals surface area contributed by atoms with E-state index in [0.29, 0.717) is 81.2 Å². The fourth-order valence-electron chi connectivity index (χ4n) is 9.60. The first-order valence-corrected chi connectivity index (χ1v) is 24.2. The van der Waals surface area contributed by atoms with Gasteiger partial charge in [0.15, 0.2) is 0 Å². The van der Waals surface area contributed by atoms with E-state index in [1.165, 1.54) is 4.90 Å². The van der Waals surface area contributed by atoms with Gasteiger partial charge in [-0.15, -0.1) is 0 Å². The number of imidazole rings is 1. The van der Waals surface area contributed by atoms with Gasteiger partial charge >= 0.3 is 0 Å². The van der Waals surface area contributed by atoms with E-state index in [0.717, 1.165) is 48.4 Å². The maximum absolute atomic E-state index is 14.5. The van der Waals surface area contributed by atoms with Gasteiger partial charge in [0.05, 0.1) is 56.0 Å². The van der Waals surface area contributed by atoms with E-state index < -0.39 is 29.3 Å². The van der Waals surface area contributed by atoms with E-state index >= 15 is 0 Å². The number of pyridine rings is 2. The molecule has 3 aliphatic rings. The maximum Gasteiger partial charge on any atom is 0.298 e. The Bertz CT molecular complexity index is 2570. The van der Waals surface area contributed by atoms with Crippen molar-refractivity contribution < 1.29 is 43.3 Å². The van der Waals surface area contributed by atoms with Crippen LogP contribution in [0, 0.1) is 29.1 Å². The van der Waals surface area contributed by atoms with Gasteiger partial charge < -0.3 is 38.8 Å². The molecule has 374 valence electrons. The van der Waals surface area contributed by atoms with Crippen molar-refractivity contribution in [1.82, 2.24) is 44.8 Å². The van der Waals surface area contributed by atoms with Crippen molar-refractivity contribution in [3.63, 3.8) is 0 Å². The van der Waals surface area contributed by atoms with E-state index in [1.54, 1.807) is 42.4 Å². The Labute approximate surface area is 410 Å². The summed E-state index contributed by atoms with van der Waals surface area (Å²) in [6.07, 6.45) is 6.30. The summed E-state index contributed by atoms with van der Waals surface area (Å²) in [5, 5.41) is 15.8. The fourth-order valence-corrected chi connectivity index (χ4v) is 9.60. The Hall–Kier alpha value is -6.39. The summed E-state index contributed by atoms with van der Waals surface area (Å²) < 4.78 is 18.1. The molecular formula is C52H67N9O9. The minimum absolute atomic E-state index is 0.0305. The van der Waals surface area contributed by atoms with Crippen LogP contribution in [0.4, 0.5) is 0 Å². The van der Waals surface area contributed by atoms with Crippen LogP contribution in [0.2, 0.25) is 0 Å². The molecule has 6 heterocycles. The molecule has 3 fully saturated rings. The molecule has 0 aliphatic carbocycles. The number of aromatic nitrogens is 3. The molecule has 18 heteroatoms. The van der Waals surface area contributed by atoms with Crippen LogP contribution in [0.15, 0.2) is 54.9 Å². The highest BCUT2D eigenvalue weighted by Gasteiger charge is 2.39. The number of nitrogens with zero attached hydrogens (tertiary/aromatic N) is 7. The second-order valence-electron chi connectivity index (χ2n) is 19.6. The van der Waals surface area contributed by atoms with E-state index in [1.807, 2.05) is 68.6 Å². The number of hydrazine groups is 1. The van der Waals surface area contributed by atoms with Crippen molar-refractivity contribution >= 4 is 35.7 Å². The first-order chi connectivity index (χ1) is 33.7. The van der Waals surface area contributed by atoms with Gasteiger partial charge in [-0.2, -0.15) is 0 Å². The largest absolute Gasteiger partial charge is 0.508 e. The highest BCUT2D eigenvalue weighted by Crippen LogP contribution is 2.35. The lowest BCUT2D eigenvalue weighted by atomic mass is 9.87. The Morgan fingerprint density at radius 1 is 1.07 bits per heavy atom. The number of fused-ring (bicyclic) bond motifs is 1. The predicted octanol–water partition coefficient (Wildman–Crippen LogP) is 3.48. The number of phenolic OH excluding ortho intramolecular Hbond substituents is 1. The number of amides is 4. The zero-order chi connectivity index (χ0) is 50.0. The van der Waals surface area contributed by atoms with Crippen molar-refractivity contribution in [2.45, 2.75) is 78.5 Å². The Morgan fingerprint density at radius 3 is 2.60 bits per heavy atom. The van der Waals surface area contributed by atoms with Crippen LogP contribution < -0.4 is 10.7 Å². The number of nitrogens with one attached hydrogen (secondary N) is 2. The van der Waals surface area contributed by atoms with Crippen LogP contribution in [0.25, 0.3) is 28.0 Å². The topological polar surface area (TPSA) is 200 Å². The highest BCUT2D eigenvalue weighted by molar-refractivity contribution is 5.95. The summed E-state index contributed by atoms with van der Waals surface area (Å²) >= 11 is 0. The molecule has 0 spiro atoms. The molecule has 0 unspecified atom stereocenters. The SMILES string of the molecule is COCc1ncccc1-c1nc2ccc(-c3cc(O)cc(C[C@H](NC(=O)[C@H](C(C)C)N(C)C(=O)[C@H]4CCN(C(=O)C#CCN5CCOCC5)C4)C(=O)N4CCCCN4)c3)cn2c1CC(C)(C)COC=O. The molecular weight excluding hydrogens is 895 g/mol. The van der Waals surface area contributed by atoms with E-state index in [2.05, 4.69) is 32.5 Å². The van der Waals surface area contributed by atoms with Crippen LogP contribution in [0.3, 0.4) is 0 Å². The summed E-state index contributed by atoms with van der Waals surface area (Å²) in [6.45, 7) is 13.6. The van der Waals surface area contributed by atoms with Crippen LogP contribution in [0.1, 0.15) is 63.9 Å². The van der Waals surface area contributed by atoms with E-state index in [-0.39, 0.29) is 55.6 Å². The number of morpholine rings is 1. The first-order valence-electron chi connectivity index (χ1n) is 24.2. The van der Waals surface area contributed by atoms with Gasteiger partial charge in [0.1, 0.15) is 23.5 Å². The lowest BCUT2D eigenvalue weighted by molar-refractivity contribution is -0.145. The third kappa shape index (κ3) is 12.7. The number of carbonyl (C=O) groups excluding carboxylic acids is 5. The summed E-state index contributed by atoms with van der Waals surface area (Å²) in [5.74, 6) is 3.42. The molecule has 3 atom stereocenters. The second kappa shape index (κ2) is 23.5. The van der Waals surface area contributed by atoms with Gasteiger partial charge in [-0.25, -0.2) is 10.4 Å². The zero-order valence-electron chi connectivity index (χ0n) is 41.2. The molecule has 18 nitrogen and oxygen atoms in total. The van der Waals surface area contributed by atoms with Crippen molar-refractivity contribution in [2.24, 2.45) is 17.3 Å². The minimum Gasteiger partial charge on any atom is -0.508 e. The first kappa shape index (κ1) is 51.5. The summed E-state index contributed by atoms with van der Waals surface area (Å²) in [6, 6.07) is 10.8. The number of likely N-dealkylation sites (tertiary alicyclic amines) is 1. The molecule has 0 saturated carbocycles. The summed E-state index contributed by atoms with van der Waals surface area (Å²) in [5.41, 5.74) is 8.47. The average molecular weight is 962 g/mol. The molecule has 3 N–H and O–H groups in total. The number of aromatic hydroxyl groups is 1. The summed E-state index contributed by atoms with van der Waals surface area (Å²) in [7, 11) is 3.21. The standard InChI is InChI=1S/C52H67N9O9/c1-35(2)48(57(5)50(66)38-15-20-59(30-38)46(64)12-10-18-58-21-23-69-24-22-58)49(65)55-42(51(67)61-19-8-7-17-54-61)27-36-25-39(28-40(63)26-36)37-13-14-45-56-47(41-11-9-16-53-43(41)32-68-6)44(60(45)31-37)29-52(3,4)33-70-34-62/h9,11,13-14,16,25-26,28,31,34-35,38,42,48,54,63H,7-8,15,17-24,27,29-30,32-33H2,1-6H3,(H,55,65)/t38-,42-,48-/m0/s1. The quantitative estimate of drug-likeness (QED) is 0.0969. The van der Waals surface area contributed by atoms with Crippen LogP contribution in [-0.4, -0.2) is 161 Å². The zero-order valence-corrected chi connectivity index (χ0v) is 41.2. The van der Waals surface area contributed by atoms with Gasteiger partial charge in [-0.3, -0.25) is 38.9 Å². The number of hydrogen-bond acceptors (Lipinski definition) is 13. The molecule has 4 aromatic rings. The number of benzene rings is 1. The maximum atomic E-state index is 14.5. The van der Waals surface area contributed by atoms with Gasteiger partial charge in [0.2, 0.25) is 11.8 Å². The van der Waals surface area contributed by atoms with Gasteiger partial charge in [0.25, 0.3) is 18.3 Å². The molecule has 4 amide bonds. The minimum atomic E-state index is -1.06. The van der Waals surface area contributed by atoms with Gasteiger partial charge in [0, 0.05) is 83.2 Å². The molecule has 7 rings (SSSR count). The molecule has 1 aromatic carbocycles. The summed E-state index contributed by atoms with van der Waals surface area (Å²) in [4.78, 5) is 82.1. The van der Waals surface area contributed by atoms with Crippen LogP contribution in [-0.2, 0) is 57.6 Å². The van der Waals surface area contributed by atoms with Crippen LogP contribution >= 0.6 is 0 Å². The number of likely N-dealkylation sites (N-methyl/N-ethyl adjacent to an activating group) is 1.